The number of carbonyl (C=O) groups excluding carboxylic acids is 2. The van der Waals surface area contributed by atoms with E-state index in [-0.39, 0.29) is 23.3 Å². The Hall–Kier alpha value is -2.08. The second kappa shape index (κ2) is 7.21. The Bertz CT molecular complexity index is 622. The number of anilines is 2. The van der Waals surface area contributed by atoms with Crippen LogP contribution in [0.5, 0.6) is 0 Å². The van der Waals surface area contributed by atoms with Crippen molar-refractivity contribution in [2.45, 2.75) is 33.3 Å². The second-order valence-corrected chi connectivity index (χ2v) is 7.25. The molecule has 0 aromatic heterocycles. The number of hydrogen-bond acceptors (Lipinski definition) is 4. The van der Waals surface area contributed by atoms with Crippen molar-refractivity contribution in [1.82, 2.24) is 5.32 Å². The zero-order valence-electron chi connectivity index (χ0n) is 15.1. The summed E-state index contributed by atoms with van der Waals surface area (Å²) >= 11 is 0. The van der Waals surface area contributed by atoms with Crippen LogP contribution in [0.2, 0.25) is 0 Å². The molecule has 1 aliphatic heterocycles. The van der Waals surface area contributed by atoms with E-state index >= 15 is 0 Å². The number of rotatable bonds is 4. The molecule has 1 aromatic rings. The Morgan fingerprint density at radius 1 is 1.42 bits per heavy atom. The van der Waals surface area contributed by atoms with Crippen molar-refractivity contribution in [2.75, 3.05) is 37.5 Å². The molecule has 2 rings (SSSR count). The summed E-state index contributed by atoms with van der Waals surface area (Å²) in [5.41, 5.74) is 2.05. The van der Waals surface area contributed by atoms with Gasteiger partial charge in [-0.05, 0) is 23.6 Å². The number of carbonyl (C=O) groups is 2. The summed E-state index contributed by atoms with van der Waals surface area (Å²) in [6, 6.07) is 5.37. The summed E-state index contributed by atoms with van der Waals surface area (Å²) in [5.74, 6) is -0.212. The van der Waals surface area contributed by atoms with E-state index in [4.69, 9.17) is 4.74 Å². The third-order valence-corrected chi connectivity index (χ3v) is 4.32. The highest BCUT2D eigenvalue weighted by molar-refractivity contribution is 6.00. The van der Waals surface area contributed by atoms with Gasteiger partial charge < -0.3 is 20.3 Å². The van der Waals surface area contributed by atoms with Crippen LogP contribution < -0.4 is 15.5 Å². The molecule has 0 saturated carbocycles. The van der Waals surface area contributed by atoms with Crippen molar-refractivity contribution in [3.63, 3.8) is 0 Å². The van der Waals surface area contributed by atoms with Gasteiger partial charge in [0, 0.05) is 39.2 Å². The Labute approximate surface area is 143 Å². The van der Waals surface area contributed by atoms with Gasteiger partial charge in [0.1, 0.15) is 0 Å². The van der Waals surface area contributed by atoms with Crippen molar-refractivity contribution in [1.29, 1.82) is 0 Å². The summed E-state index contributed by atoms with van der Waals surface area (Å²) in [6.45, 7) is 7.30. The molecule has 1 heterocycles. The van der Waals surface area contributed by atoms with E-state index in [1.807, 2.05) is 18.0 Å². The molecular formula is C18H27N3O3. The van der Waals surface area contributed by atoms with Gasteiger partial charge in [0.2, 0.25) is 5.91 Å². The van der Waals surface area contributed by atoms with E-state index in [2.05, 4.69) is 31.4 Å². The predicted octanol–water partition coefficient (Wildman–Crippen LogP) is 2.26. The van der Waals surface area contributed by atoms with Crippen LogP contribution in [-0.4, -0.2) is 45.2 Å². The highest BCUT2D eigenvalue weighted by atomic mass is 16.5. The predicted molar refractivity (Wildman–Crippen MR) is 95.5 cm³/mol. The molecule has 0 fully saturated rings. The molecule has 6 nitrogen and oxygen atoms in total. The van der Waals surface area contributed by atoms with Gasteiger partial charge in [0.15, 0.2) is 0 Å². The lowest BCUT2D eigenvalue weighted by Gasteiger charge is -2.29. The number of nitrogens with one attached hydrogen (secondary N) is 2. The summed E-state index contributed by atoms with van der Waals surface area (Å²) in [7, 11) is 3.58. The van der Waals surface area contributed by atoms with E-state index in [0.717, 1.165) is 5.69 Å². The van der Waals surface area contributed by atoms with Crippen molar-refractivity contribution >= 4 is 23.2 Å². The molecule has 1 aromatic carbocycles. The molecule has 2 amide bonds. The molecule has 0 bridgehead atoms. The molecule has 0 saturated heterocycles. The lowest BCUT2D eigenvalue weighted by molar-refractivity contribution is -0.115. The minimum Gasteiger partial charge on any atom is -0.379 e. The van der Waals surface area contributed by atoms with E-state index in [0.29, 0.717) is 30.8 Å². The minimum absolute atomic E-state index is 0.0367. The molecule has 1 aliphatic rings. The zero-order valence-corrected chi connectivity index (χ0v) is 15.1. The van der Waals surface area contributed by atoms with Crippen LogP contribution in [0.15, 0.2) is 18.2 Å². The van der Waals surface area contributed by atoms with E-state index in [9.17, 15) is 9.59 Å². The van der Waals surface area contributed by atoms with Crippen LogP contribution in [0.4, 0.5) is 11.4 Å². The van der Waals surface area contributed by atoms with Crippen molar-refractivity contribution in [2.24, 2.45) is 5.41 Å². The smallest absolute Gasteiger partial charge is 0.251 e. The molecule has 132 valence electrons. The third-order valence-electron chi connectivity index (χ3n) is 4.32. The first-order valence-electron chi connectivity index (χ1n) is 8.18. The summed E-state index contributed by atoms with van der Waals surface area (Å²) in [4.78, 5) is 26.2. The lowest BCUT2D eigenvalue weighted by atomic mass is 9.89. The quantitative estimate of drug-likeness (QED) is 0.887. The maximum absolute atomic E-state index is 12.4. The summed E-state index contributed by atoms with van der Waals surface area (Å²) in [6.07, 6.45) is 0.362. The molecule has 0 aliphatic carbocycles. The molecule has 24 heavy (non-hydrogen) atoms. The van der Waals surface area contributed by atoms with Gasteiger partial charge in [-0.1, -0.05) is 20.8 Å². The number of nitrogens with zero attached hydrogens (tertiary/aromatic N) is 1. The number of methoxy groups -OCH3 is 1. The standard InChI is InChI=1S/C18H27N3O3/c1-18(2,3)15(24-5)11-19-17(23)12-6-7-14-13(10-12)20-16(22)8-9-21(14)4/h6-7,10,15H,8-9,11H2,1-5H3,(H,19,23)(H,20,22). The molecule has 0 spiro atoms. The van der Waals surface area contributed by atoms with Crippen LogP contribution in [-0.2, 0) is 9.53 Å². The second-order valence-electron chi connectivity index (χ2n) is 7.25. The number of benzene rings is 1. The van der Waals surface area contributed by atoms with Crippen LogP contribution in [0.3, 0.4) is 0 Å². The van der Waals surface area contributed by atoms with Gasteiger partial charge in [0.25, 0.3) is 5.91 Å². The fraction of sp³-hybridized carbons (Fsp3) is 0.556. The van der Waals surface area contributed by atoms with Crippen molar-refractivity contribution in [3.8, 4) is 0 Å². The highest BCUT2D eigenvalue weighted by Gasteiger charge is 2.25. The normalized spacial score (nSPS) is 16.0. The van der Waals surface area contributed by atoms with Crippen LogP contribution in [0.1, 0.15) is 37.6 Å². The molecular weight excluding hydrogens is 306 g/mol. The van der Waals surface area contributed by atoms with Crippen LogP contribution in [0.25, 0.3) is 0 Å². The number of fused-ring (bicyclic) bond motifs is 1. The highest BCUT2D eigenvalue weighted by Crippen LogP contribution is 2.29. The molecule has 0 radical (unpaired) electrons. The van der Waals surface area contributed by atoms with Crippen LogP contribution >= 0.6 is 0 Å². The largest absolute Gasteiger partial charge is 0.379 e. The fourth-order valence-corrected chi connectivity index (χ4v) is 2.74. The first-order chi connectivity index (χ1) is 11.2. The van der Waals surface area contributed by atoms with Gasteiger partial charge in [-0.15, -0.1) is 0 Å². The lowest BCUT2D eigenvalue weighted by Crippen LogP contribution is -2.40. The van der Waals surface area contributed by atoms with Crippen LogP contribution in [0, 0.1) is 5.41 Å². The van der Waals surface area contributed by atoms with E-state index < -0.39 is 0 Å². The Kier molecular flexibility index (Phi) is 5.49. The minimum atomic E-state index is -0.176. The van der Waals surface area contributed by atoms with Crippen molar-refractivity contribution < 1.29 is 14.3 Å². The SMILES string of the molecule is COC(CNC(=O)c1ccc2c(c1)NC(=O)CCN2C)C(C)(C)C. The van der Waals surface area contributed by atoms with E-state index in [1.54, 1.807) is 19.2 Å². The van der Waals surface area contributed by atoms with Gasteiger partial charge in [-0.2, -0.15) is 0 Å². The van der Waals surface area contributed by atoms with Gasteiger partial charge in [-0.25, -0.2) is 0 Å². The first-order valence-corrected chi connectivity index (χ1v) is 8.18. The average Bonchev–Trinajstić information content (AvgIpc) is 2.65. The molecule has 2 N–H and O–H groups in total. The molecule has 1 unspecified atom stereocenters. The molecule has 1 atom stereocenters. The van der Waals surface area contributed by atoms with Gasteiger partial charge in [0.05, 0.1) is 17.5 Å². The Morgan fingerprint density at radius 3 is 2.75 bits per heavy atom. The number of amides is 2. The monoisotopic (exact) mass is 333 g/mol. The van der Waals surface area contributed by atoms with E-state index in [1.165, 1.54) is 0 Å². The topological polar surface area (TPSA) is 70.7 Å². The van der Waals surface area contributed by atoms with Crippen molar-refractivity contribution in [3.05, 3.63) is 23.8 Å². The summed E-state index contributed by atoms with van der Waals surface area (Å²) < 4.78 is 5.46. The van der Waals surface area contributed by atoms with Gasteiger partial charge in [-0.3, -0.25) is 9.59 Å². The van der Waals surface area contributed by atoms with Gasteiger partial charge >= 0.3 is 0 Å². The third kappa shape index (κ3) is 4.26. The fourth-order valence-electron chi connectivity index (χ4n) is 2.74. The number of ether oxygens (including phenoxy) is 1. The maximum atomic E-state index is 12.4. The summed E-state index contributed by atoms with van der Waals surface area (Å²) in [5, 5.41) is 5.77. The Balaban J connectivity index is 2.12. The Morgan fingerprint density at radius 2 is 2.12 bits per heavy atom. The first kappa shape index (κ1) is 18.3. The maximum Gasteiger partial charge on any atom is 0.251 e. The number of hydrogen-bond donors (Lipinski definition) is 2. The zero-order chi connectivity index (χ0) is 17.9. The average molecular weight is 333 g/mol. The molecule has 6 heteroatoms.